The molecule has 0 radical (unpaired) electrons. The van der Waals surface area contributed by atoms with Gasteiger partial charge >= 0.3 is 12.1 Å². The summed E-state index contributed by atoms with van der Waals surface area (Å²) >= 11 is 0. The number of aromatic amines is 1. The molecule has 2 fully saturated rings. The summed E-state index contributed by atoms with van der Waals surface area (Å²) in [5.74, 6) is -1.98. The Morgan fingerprint density at radius 1 is 1.13 bits per heavy atom. The number of alkyl halides is 3. The van der Waals surface area contributed by atoms with Crippen molar-refractivity contribution in [2.24, 2.45) is 5.41 Å². The lowest BCUT2D eigenvalue weighted by Crippen LogP contribution is -2.61. The van der Waals surface area contributed by atoms with Crippen LogP contribution in [0.3, 0.4) is 0 Å². The Balaban J connectivity index is 0.000000426. The van der Waals surface area contributed by atoms with Crippen LogP contribution in [0.5, 0.6) is 0 Å². The van der Waals surface area contributed by atoms with E-state index in [9.17, 15) is 22.8 Å². The first-order valence-electron chi connectivity index (χ1n) is 11.6. The van der Waals surface area contributed by atoms with Gasteiger partial charge in [-0.15, -0.1) is 0 Å². The quantitative estimate of drug-likeness (QED) is 0.532. The predicted octanol–water partition coefficient (Wildman–Crippen LogP) is 3.09. The van der Waals surface area contributed by atoms with Crippen molar-refractivity contribution < 1.29 is 32.7 Å². The zero-order valence-corrected chi connectivity index (χ0v) is 20.8. The third kappa shape index (κ3) is 5.22. The molecule has 2 amide bonds. The molecule has 2 N–H and O–H groups in total. The molecule has 2 aliphatic rings. The number of aliphatic carboxylic acids is 1. The van der Waals surface area contributed by atoms with Gasteiger partial charge in [0.25, 0.3) is 5.91 Å². The molecule has 200 valence electrons. The summed E-state index contributed by atoms with van der Waals surface area (Å²) in [6, 6.07) is 5.68. The van der Waals surface area contributed by atoms with E-state index in [0.29, 0.717) is 24.5 Å². The summed E-state index contributed by atoms with van der Waals surface area (Å²) in [7, 11) is 1.82. The van der Waals surface area contributed by atoms with E-state index in [1.165, 1.54) is 0 Å². The van der Waals surface area contributed by atoms with Crippen LogP contribution in [-0.4, -0.2) is 85.5 Å². The Kier molecular flexibility index (Phi) is 6.96. The smallest absolute Gasteiger partial charge is 0.475 e. The Bertz CT molecular complexity index is 1380. The fourth-order valence-electron chi connectivity index (χ4n) is 4.42. The summed E-state index contributed by atoms with van der Waals surface area (Å²) in [5, 5.41) is 7.12. The van der Waals surface area contributed by atoms with Gasteiger partial charge in [0.2, 0.25) is 5.91 Å². The molecule has 5 heterocycles. The second kappa shape index (κ2) is 9.88. The van der Waals surface area contributed by atoms with Gasteiger partial charge < -0.3 is 19.9 Å². The molecule has 2 aliphatic heterocycles. The minimum atomic E-state index is -5.08. The average molecular weight is 531 g/mol. The van der Waals surface area contributed by atoms with E-state index in [0.717, 1.165) is 41.2 Å². The number of H-pyrrole nitrogens is 1. The molecule has 0 aromatic carbocycles. The first-order chi connectivity index (χ1) is 17.8. The number of amides is 2. The van der Waals surface area contributed by atoms with Gasteiger partial charge in [0.05, 0.1) is 16.7 Å². The lowest BCUT2D eigenvalue weighted by atomic mass is 9.78. The third-order valence-electron chi connectivity index (χ3n) is 6.69. The van der Waals surface area contributed by atoms with Crippen LogP contribution in [0.25, 0.3) is 22.6 Å². The second-order valence-corrected chi connectivity index (χ2v) is 9.41. The van der Waals surface area contributed by atoms with E-state index >= 15 is 0 Å². The van der Waals surface area contributed by atoms with Crippen LogP contribution in [0, 0.1) is 19.3 Å². The van der Waals surface area contributed by atoms with Crippen molar-refractivity contribution in [1.29, 1.82) is 0 Å². The molecular weight excluding hydrogens is 505 g/mol. The number of aromatic nitrogens is 4. The summed E-state index contributed by atoms with van der Waals surface area (Å²) in [6.07, 6.45) is 0.784. The molecule has 0 saturated carbocycles. The van der Waals surface area contributed by atoms with Crippen LogP contribution in [0.15, 0.2) is 36.8 Å². The van der Waals surface area contributed by atoms with E-state index in [2.05, 4.69) is 19.9 Å². The van der Waals surface area contributed by atoms with Crippen LogP contribution in [0.4, 0.5) is 13.2 Å². The molecule has 1 spiro atoms. The molecule has 5 rings (SSSR count). The number of hydrogen-bond acceptors (Lipinski definition) is 6. The number of pyridine rings is 2. The molecule has 0 atom stereocenters. The Morgan fingerprint density at radius 3 is 2.37 bits per heavy atom. The number of rotatable bonds is 3. The van der Waals surface area contributed by atoms with Gasteiger partial charge in [0.15, 0.2) is 5.82 Å². The van der Waals surface area contributed by atoms with Crippen molar-refractivity contribution in [3.8, 4) is 22.6 Å². The molecule has 3 aromatic rings. The number of likely N-dealkylation sites (tertiary alicyclic amines) is 2. The molecule has 2 saturated heterocycles. The first kappa shape index (κ1) is 26.8. The topological polar surface area (TPSA) is 132 Å². The number of carboxylic acids is 1. The zero-order valence-electron chi connectivity index (χ0n) is 20.8. The van der Waals surface area contributed by atoms with Crippen LogP contribution in [-0.2, 0) is 9.59 Å². The first-order valence-corrected chi connectivity index (χ1v) is 11.6. The molecule has 13 heteroatoms. The Labute approximate surface area is 215 Å². The second-order valence-electron chi connectivity index (χ2n) is 9.41. The van der Waals surface area contributed by atoms with E-state index < -0.39 is 12.1 Å². The summed E-state index contributed by atoms with van der Waals surface area (Å²) in [6.45, 7) is 5.66. The number of carbonyl (C=O) groups is 3. The number of nitrogens with zero attached hydrogens (tertiary/aromatic N) is 5. The number of hydrogen-bond donors (Lipinski definition) is 2. The Morgan fingerprint density at radius 2 is 1.82 bits per heavy atom. The molecule has 38 heavy (non-hydrogen) atoms. The van der Waals surface area contributed by atoms with E-state index in [4.69, 9.17) is 9.90 Å². The summed E-state index contributed by atoms with van der Waals surface area (Å²) in [4.78, 5) is 54.3. The summed E-state index contributed by atoms with van der Waals surface area (Å²) < 4.78 is 31.7. The van der Waals surface area contributed by atoms with Crippen LogP contribution in [0.2, 0.25) is 0 Å². The fraction of sp³-hybridized carbons (Fsp3) is 0.360. The molecule has 0 unspecified atom stereocenters. The van der Waals surface area contributed by atoms with E-state index in [1.807, 2.05) is 39.1 Å². The fourth-order valence-corrected chi connectivity index (χ4v) is 4.42. The highest BCUT2D eigenvalue weighted by Crippen LogP contribution is 2.40. The highest BCUT2D eigenvalue weighted by Gasteiger charge is 2.55. The van der Waals surface area contributed by atoms with Crippen LogP contribution >= 0.6 is 0 Å². The lowest BCUT2D eigenvalue weighted by molar-refractivity contribution is -0.192. The highest BCUT2D eigenvalue weighted by atomic mass is 19.4. The van der Waals surface area contributed by atoms with Gasteiger partial charge in [0, 0.05) is 56.5 Å². The number of halogens is 3. The maximum Gasteiger partial charge on any atom is 0.490 e. The molecule has 10 nitrogen and oxygen atoms in total. The molecule has 3 aromatic heterocycles. The van der Waals surface area contributed by atoms with Gasteiger partial charge in [-0.3, -0.25) is 19.6 Å². The summed E-state index contributed by atoms with van der Waals surface area (Å²) in [5.41, 5.74) is 4.57. The van der Waals surface area contributed by atoms with Crippen molar-refractivity contribution in [2.75, 3.05) is 26.7 Å². The van der Waals surface area contributed by atoms with Gasteiger partial charge in [-0.05, 0) is 44.0 Å². The highest BCUT2D eigenvalue weighted by molar-refractivity contribution is 5.98. The van der Waals surface area contributed by atoms with Crippen LogP contribution in [0.1, 0.15) is 28.2 Å². The maximum atomic E-state index is 13.0. The van der Waals surface area contributed by atoms with E-state index in [-0.39, 0.29) is 17.2 Å². The lowest BCUT2D eigenvalue weighted by Gasteiger charge is -2.46. The maximum absolute atomic E-state index is 13.0. The zero-order chi connectivity index (χ0) is 27.8. The molecule has 0 aliphatic carbocycles. The van der Waals surface area contributed by atoms with Gasteiger partial charge in [0.1, 0.15) is 5.69 Å². The van der Waals surface area contributed by atoms with Crippen molar-refractivity contribution in [1.82, 2.24) is 29.7 Å². The number of carboxylic acid groups (broad SMARTS) is 1. The number of aryl methyl sites for hydroxylation is 2. The molecular formula is C25H25F3N6O4. The van der Waals surface area contributed by atoms with Crippen molar-refractivity contribution in [3.63, 3.8) is 0 Å². The van der Waals surface area contributed by atoms with Gasteiger partial charge in [-0.25, -0.2) is 9.78 Å². The number of carbonyl (C=O) groups excluding carboxylic acids is 2. The monoisotopic (exact) mass is 530 g/mol. The SMILES string of the molecule is Cc1nc(-c2cc(-c3cncc(C(=O)N4CC5(CCN(C)C5=O)C4)c3)ccn2)[nH]c1C.O=C(O)C(F)(F)F. The van der Waals surface area contributed by atoms with E-state index in [1.54, 1.807) is 28.4 Å². The predicted molar refractivity (Wildman–Crippen MR) is 129 cm³/mol. The third-order valence-corrected chi connectivity index (χ3v) is 6.69. The number of imidazole rings is 1. The Hall–Kier alpha value is -4.29. The van der Waals surface area contributed by atoms with Crippen molar-refractivity contribution in [3.05, 3.63) is 53.7 Å². The average Bonchev–Trinajstić information content (AvgIpc) is 3.35. The van der Waals surface area contributed by atoms with Crippen molar-refractivity contribution >= 4 is 17.8 Å². The minimum absolute atomic E-state index is 0.0890. The van der Waals surface area contributed by atoms with Crippen molar-refractivity contribution in [2.45, 2.75) is 26.4 Å². The normalized spacial score (nSPS) is 16.2. The number of nitrogens with one attached hydrogen (secondary N) is 1. The molecule has 0 bridgehead atoms. The van der Waals surface area contributed by atoms with Gasteiger partial charge in [-0.1, -0.05) is 0 Å². The minimum Gasteiger partial charge on any atom is -0.475 e. The van der Waals surface area contributed by atoms with Crippen LogP contribution < -0.4 is 0 Å². The van der Waals surface area contributed by atoms with Gasteiger partial charge in [-0.2, -0.15) is 13.2 Å². The largest absolute Gasteiger partial charge is 0.490 e. The standard InChI is InChI=1S/C23H24N6O2.C2HF3O2/c1-14-15(2)27-20(26-14)19-9-16(4-6-25-19)17-8-18(11-24-10-17)21(30)29-12-23(13-29)5-7-28(3)22(23)31;3-2(4,5)1(6)7/h4,6,8-11H,5,7,12-13H2,1-3H3,(H,26,27);(H,6,7).